The second-order valence-corrected chi connectivity index (χ2v) is 9.83. The van der Waals surface area contributed by atoms with Crippen molar-refractivity contribution in [2.45, 2.75) is 31.9 Å². The summed E-state index contributed by atoms with van der Waals surface area (Å²) in [6.45, 7) is 7.39. The number of nitrogens with one attached hydrogen (secondary N) is 1. The minimum Gasteiger partial charge on any atom is -0.492 e. The van der Waals surface area contributed by atoms with Gasteiger partial charge in [0.25, 0.3) is 5.88 Å². The molecule has 6 rings (SSSR count). The number of hydrogen-bond donors (Lipinski definition) is 1. The zero-order valence-corrected chi connectivity index (χ0v) is 21.9. The molecular weight excluding hydrogens is 514 g/mol. The second kappa shape index (κ2) is 11.3. The van der Waals surface area contributed by atoms with Crippen LogP contribution in [0.5, 0.6) is 23.1 Å². The minimum atomic E-state index is 0.00743. The third-order valence-corrected chi connectivity index (χ3v) is 7.18. The van der Waals surface area contributed by atoms with Gasteiger partial charge in [0, 0.05) is 44.1 Å². The Hall–Kier alpha value is -3.12. The van der Waals surface area contributed by atoms with E-state index in [1.54, 1.807) is 0 Å². The van der Waals surface area contributed by atoms with E-state index in [-0.39, 0.29) is 18.9 Å². The van der Waals surface area contributed by atoms with Crippen LogP contribution >= 0.6 is 11.6 Å². The maximum atomic E-state index is 6.53. The van der Waals surface area contributed by atoms with E-state index in [0.717, 1.165) is 39.1 Å². The molecule has 11 nitrogen and oxygen atoms in total. The number of nitrogens with zero attached hydrogens (tertiary/aromatic N) is 4. The Bertz CT molecular complexity index is 1280. The Balaban J connectivity index is 1.33. The summed E-state index contributed by atoms with van der Waals surface area (Å²) < 4.78 is 34.8. The van der Waals surface area contributed by atoms with Crippen LogP contribution in [0.2, 0.25) is 5.02 Å². The number of hydrogen-bond acceptors (Lipinski definition) is 11. The number of anilines is 2. The highest BCUT2D eigenvalue weighted by Crippen LogP contribution is 2.44. The van der Waals surface area contributed by atoms with Crippen molar-refractivity contribution in [3.05, 3.63) is 29.7 Å². The Morgan fingerprint density at radius 1 is 1.08 bits per heavy atom. The number of fused-ring (bicyclic) bond motifs is 2. The van der Waals surface area contributed by atoms with Crippen molar-refractivity contribution in [3.8, 4) is 23.1 Å². The van der Waals surface area contributed by atoms with Gasteiger partial charge in [0.15, 0.2) is 0 Å². The van der Waals surface area contributed by atoms with Gasteiger partial charge in [-0.3, -0.25) is 4.90 Å². The van der Waals surface area contributed by atoms with E-state index >= 15 is 0 Å². The van der Waals surface area contributed by atoms with Crippen LogP contribution in [0.15, 0.2) is 24.7 Å². The molecule has 5 heterocycles. The summed E-state index contributed by atoms with van der Waals surface area (Å²) in [5.74, 6) is 2.65. The largest absolute Gasteiger partial charge is 0.492 e. The van der Waals surface area contributed by atoms with Crippen molar-refractivity contribution < 1.29 is 28.4 Å². The van der Waals surface area contributed by atoms with Gasteiger partial charge in [-0.05, 0) is 6.92 Å². The van der Waals surface area contributed by atoms with Gasteiger partial charge in [0.2, 0.25) is 12.5 Å². The smallest absolute Gasteiger partial charge is 0.262 e. The van der Waals surface area contributed by atoms with Gasteiger partial charge in [0.1, 0.15) is 42.0 Å². The van der Waals surface area contributed by atoms with E-state index in [1.807, 2.05) is 12.1 Å². The van der Waals surface area contributed by atoms with E-state index in [9.17, 15) is 0 Å². The number of halogens is 1. The highest BCUT2D eigenvalue weighted by molar-refractivity contribution is 6.33. The molecule has 3 aliphatic heterocycles. The van der Waals surface area contributed by atoms with Gasteiger partial charge in [0.05, 0.1) is 48.5 Å². The lowest BCUT2D eigenvalue weighted by molar-refractivity contribution is 0.0104. The van der Waals surface area contributed by atoms with Crippen molar-refractivity contribution in [3.63, 3.8) is 0 Å². The lowest BCUT2D eigenvalue weighted by Gasteiger charge is -2.32. The summed E-state index contributed by atoms with van der Waals surface area (Å²) in [5, 5.41) is 4.41. The van der Waals surface area contributed by atoms with Gasteiger partial charge >= 0.3 is 0 Å². The molecule has 3 aliphatic rings. The average molecular weight is 544 g/mol. The molecule has 2 fully saturated rings. The number of rotatable bonds is 8. The molecule has 202 valence electrons. The summed E-state index contributed by atoms with van der Waals surface area (Å²) >= 11 is 6.48. The van der Waals surface area contributed by atoms with E-state index < -0.39 is 0 Å². The maximum Gasteiger partial charge on any atom is 0.262 e. The lowest BCUT2D eigenvalue weighted by atomic mass is 10.1. The predicted molar refractivity (Wildman–Crippen MR) is 140 cm³/mol. The molecule has 12 heteroatoms. The second-order valence-electron chi connectivity index (χ2n) is 9.42. The van der Waals surface area contributed by atoms with Crippen molar-refractivity contribution in [2.75, 3.05) is 58.2 Å². The SMILES string of the molecule is CC(COc1cc(OC2CCOCC2)c2c(Nc3c(Cl)cnc4c3OCO4)ncnc2c1)N1CCOCC1. The fourth-order valence-corrected chi connectivity index (χ4v) is 4.97. The van der Waals surface area contributed by atoms with Gasteiger partial charge in [-0.25, -0.2) is 15.0 Å². The van der Waals surface area contributed by atoms with Crippen LogP contribution in [0, 0.1) is 0 Å². The summed E-state index contributed by atoms with van der Waals surface area (Å²) in [5.41, 5.74) is 1.20. The van der Waals surface area contributed by atoms with Crippen LogP contribution in [0.25, 0.3) is 10.9 Å². The summed E-state index contributed by atoms with van der Waals surface area (Å²) in [6.07, 6.45) is 4.61. The predicted octanol–water partition coefficient (Wildman–Crippen LogP) is 3.81. The van der Waals surface area contributed by atoms with Crippen LogP contribution in [0.3, 0.4) is 0 Å². The monoisotopic (exact) mass is 543 g/mol. The van der Waals surface area contributed by atoms with Crippen molar-refractivity contribution in [2.24, 2.45) is 0 Å². The molecule has 0 spiro atoms. The maximum absolute atomic E-state index is 6.53. The third-order valence-electron chi connectivity index (χ3n) is 6.90. The molecule has 0 amide bonds. The molecule has 3 aromatic rings. The molecule has 1 unspecified atom stereocenters. The van der Waals surface area contributed by atoms with Crippen molar-refractivity contribution in [1.82, 2.24) is 19.9 Å². The molecule has 2 aromatic heterocycles. The van der Waals surface area contributed by atoms with Crippen LogP contribution in [0.1, 0.15) is 19.8 Å². The van der Waals surface area contributed by atoms with E-state index in [4.69, 9.17) is 40.0 Å². The molecule has 0 bridgehead atoms. The number of ether oxygens (including phenoxy) is 6. The molecule has 0 aliphatic carbocycles. The summed E-state index contributed by atoms with van der Waals surface area (Å²) in [4.78, 5) is 15.6. The van der Waals surface area contributed by atoms with Gasteiger partial charge < -0.3 is 33.7 Å². The van der Waals surface area contributed by atoms with Gasteiger partial charge in [-0.1, -0.05) is 11.6 Å². The molecule has 2 saturated heterocycles. The molecule has 1 aromatic carbocycles. The summed E-state index contributed by atoms with van der Waals surface area (Å²) in [6, 6.07) is 4.06. The number of morpholine rings is 1. The Morgan fingerprint density at radius 2 is 1.89 bits per heavy atom. The van der Waals surface area contributed by atoms with E-state index in [2.05, 4.69) is 32.1 Å². The third kappa shape index (κ3) is 5.37. The normalized spacial score (nSPS) is 18.9. The van der Waals surface area contributed by atoms with Crippen LogP contribution < -0.4 is 24.3 Å². The van der Waals surface area contributed by atoms with Crippen molar-refractivity contribution in [1.29, 1.82) is 0 Å². The minimum absolute atomic E-state index is 0.00743. The number of aromatic nitrogens is 3. The molecule has 38 heavy (non-hydrogen) atoms. The molecule has 1 atom stereocenters. The number of benzene rings is 1. The Morgan fingerprint density at radius 3 is 2.74 bits per heavy atom. The van der Waals surface area contributed by atoms with Crippen LogP contribution in [-0.2, 0) is 9.47 Å². The highest BCUT2D eigenvalue weighted by Gasteiger charge is 2.25. The van der Waals surface area contributed by atoms with Crippen molar-refractivity contribution >= 4 is 34.0 Å². The Kier molecular flexibility index (Phi) is 7.50. The standard InChI is InChI=1S/C26H30ClN5O6/c1-16(32-4-8-34-9-5-32)13-35-18-10-20-22(21(11-18)38-17-2-6-33-7-3-17)25(30-14-29-20)31-23-19(27)12-28-26-24(23)36-15-37-26/h10-12,14,16-17H,2-9,13,15H2,1H3,(H,28,29,30,31). The lowest BCUT2D eigenvalue weighted by Crippen LogP contribution is -2.44. The topological polar surface area (TPSA) is 109 Å². The first-order valence-electron chi connectivity index (χ1n) is 12.8. The highest BCUT2D eigenvalue weighted by atomic mass is 35.5. The quantitative estimate of drug-likeness (QED) is 0.448. The van der Waals surface area contributed by atoms with E-state index in [1.165, 1.54) is 12.5 Å². The van der Waals surface area contributed by atoms with Gasteiger partial charge in [-0.2, -0.15) is 0 Å². The average Bonchev–Trinajstić information content (AvgIpc) is 3.43. The van der Waals surface area contributed by atoms with Gasteiger partial charge in [-0.15, -0.1) is 0 Å². The molecule has 0 radical (unpaired) electrons. The number of pyridine rings is 1. The molecule has 1 N–H and O–H groups in total. The molecule has 0 saturated carbocycles. The van der Waals surface area contributed by atoms with Crippen LogP contribution in [-0.4, -0.2) is 84.9 Å². The van der Waals surface area contributed by atoms with Crippen LogP contribution in [0.4, 0.5) is 11.5 Å². The van der Waals surface area contributed by atoms with E-state index in [0.29, 0.717) is 70.4 Å². The first-order valence-corrected chi connectivity index (χ1v) is 13.2. The fourth-order valence-electron chi connectivity index (χ4n) is 4.78. The first kappa shape index (κ1) is 25.2. The zero-order valence-electron chi connectivity index (χ0n) is 21.2. The Labute approximate surface area is 225 Å². The fraction of sp³-hybridized carbons (Fsp3) is 0.500. The molecular formula is C26H30ClN5O6. The first-order chi connectivity index (χ1) is 18.7. The zero-order chi connectivity index (χ0) is 25.9. The summed E-state index contributed by atoms with van der Waals surface area (Å²) in [7, 11) is 0.